The molecule has 0 aromatic heterocycles. The number of guanidine groups is 1. The molecule has 7 nitrogen and oxygen atoms in total. The summed E-state index contributed by atoms with van der Waals surface area (Å²) in [5.41, 5.74) is 1.20. The molecule has 0 atom stereocenters. The minimum absolute atomic E-state index is 0. The van der Waals surface area contributed by atoms with E-state index in [1.54, 1.807) is 37.9 Å². The van der Waals surface area contributed by atoms with Gasteiger partial charge >= 0.3 is 0 Å². The molecule has 0 saturated carbocycles. The zero-order valence-electron chi connectivity index (χ0n) is 18.1. The molecule has 29 heavy (non-hydrogen) atoms. The topological polar surface area (TPSA) is 75.2 Å². The van der Waals surface area contributed by atoms with Gasteiger partial charge in [-0.1, -0.05) is 6.07 Å². The van der Waals surface area contributed by atoms with Gasteiger partial charge < -0.3 is 25.0 Å². The van der Waals surface area contributed by atoms with Gasteiger partial charge in [0.25, 0.3) is 0 Å². The summed E-state index contributed by atoms with van der Waals surface area (Å²) in [6, 6.07) is 6.03. The Bertz CT molecular complexity index is 630. The Morgan fingerprint density at radius 3 is 2.55 bits per heavy atom. The molecule has 1 amide bonds. The van der Waals surface area contributed by atoms with E-state index in [4.69, 9.17) is 9.47 Å². The van der Waals surface area contributed by atoms with E-state index < -0.39 is 0 Å². The highest BCUT2D eigenvalue weighted by atomic mass is 127. The molecule has 0 bridgehead atoms. The van der Waals surface area contributed by atoms with Gasteiger partial charge in [0, 0.05) is 32.9 Å². The molecular weight excluding hydrogens is 503 g/mol. The SMILES string of the molecule is CCOc1cc(CCCNC(=NCC(=O)N(C)C)NCCSC)ccc1OC.I. The van der Waals surface area contributed by atoms with Crippen LogP contribution in [0.3, 0.4) is 0 Å². The number of likely N-dealkylation sites (N-methyl/N-ethyl adjacent to an activating group) is 1. The van der Waals surface area contributed by atoms with Crippen LogP contribution >= 0.6 is 35.7 Å². The van der Waals surface area contributed by atoms with Crippen LogP contribution in [0.1, 0.15) is 18.9 Å². The van der Waals surface area contributed by atoms with Gasteiger partial charge in [0.05, 0.1) is 13.7 Å². The number of carbonyl (C=O) groups excluding carboxylic acids is 1. The molecule has 0 aliphatic carbocycles. The number of methoxy groups -OCH3 is 1. The Morgan fingerprint density at radius 2 is 1.93 bits per heavy atom. The first-order chi connectivity index (χ1) is 13.5. The molecule has 0 spiro atoms. The Labute approximate surface area is 196 Å². The zero-order chi connectivity index (χ0) is 20.8. The Kier molecular flexibility index (Phi) is 15.7. The van der Waals surface area contributed by atoms with Crippen LogP contribution in [0.5, 0.6) is 11.5 Å². The number of aliphatic imine (C=N–C) groups is 1. The van der Waals surface area contributed by atoms with E-state index in [1.165, 1.54) is 5.56 Å². The number of rotatable bonds is 12. The van der Waals surface area contributed by atoms with Crippen molar-refractivity contribution < 1.29 is 14.3 Å². The number of carbonyl (C=O) groups is 1. The number of amides is 1. The van der Waals surface area contributed by atoms with Crippen molar-refractivity contribution in [2.45, 2.75) is 19.8 Å². The van der Waals surface area contributed by atoms with Crippen molar-refractivity contribution in [3.05, 3.63) is 23.8 Å². The maximum absolute atomic E-state index is 11.8. The molecule has 0 heterocycles. The molecule has 0 fully saturated rings. The minimum Gasteiger partial charge on any atom is -0.493 e. The maximum atomic E-state index is 11.8. The normalized spacial score (nSPS) is 10.7. The lowest BCUT2D eigenvalue weighted by atomic mass is 10.1. The molecule has 0 saturated heterocycles. The summed E-state index contributed by atoms with van der Waals surface area (Å²) in [6.45, 7) is 4.27. The number of nitrogens with zero attached hydrogens (tertiary/aromatic N) is 2. The number of thioether (sulfide) groups is 1. The first kappa shape index (κ1) is 27.6. The number of hydrogen-bond donors (Lipinski definition) is 2. The number of hydrogen-bond acceptors (Lipinski definition) is 5. The van der Waals surface area contributed by atoms with Crippen LogP contribution in [0.15, 0.2) is 23.2 Å². The van der Waals surface area contributed by atoms with Gasteiger partial charge in [-0.25, -0.2) is 4.99 Å². The largest absolute Gasteiger partial charge is 0.493 e. The standard InChI is InChI=1S/C20H34N4O3S.HI/c1-6-27-18-14-16(9-10-17(18)26-4)8-7-11-21-20(22-12-13-28-5)23-15-19(25)24(2)3;/h9-10,14H,6-8,11-13,15H2,1-5H3,(H2,21,22,23);1H. The van der Waals surface area contributed by atoms with Gasteiger partial charge in [-0.2, -0.15) is 11.8 Å². The van der Waals surface area contributed by atoms with Gasteiger partial charge in [-0.3, -0.25) is 4.79 Å². The molecule has 0 aliphatic rings. The lowest BCUT2D eigenvalue weighted by molar-refractivity contribution is -0.127. The predicted molar refractivity (Wildman–Crippen MR) is 133 cm³/mol. The fourth-order valence-corrected chi connectivity index (χ4v) is 2.68. The second-order valence-electron chi connectivity index (χ2n) is 6.32. The van der Waals surface area contributed by atoms with E-state index in [-0.39, 0.29) is 36.4 Å². The van der Waals surface area contributed by atoms with E-state index in [1.807, 2.05) is 19.1 Å². The van der Waals surface area contributed by atoms with Crippen LogP contribution in [-0.4, -0.2) is 76.2 Å². The summed E-state index contributed by atoms with van der Waals surface area (Å²) in [4.78, 5) is 17.7. The van der Waals surface area contributed by atoms with Gasteiger partial charge in [0.1, 0.15) is 6.54 Å². The number of ether oxygens (including phenoxy) is 2. The summed E-state index contributed by atoms with van der Waals surface area (Å²) in [7, 11) is 5.11. The lowest BCUT2D eigenvalue weighted by Gasteiger charge is -2.14. The zero-order valence-corrected chi connectivity index (χ0v) is 21.3. The molecule has 2 N–H and O–H groups in total. The minimum atomic E-state index is -0.0207. The number of halogens is 1. The van der Waals surface area contributed by atoms with E-state index in [9.17, 15) is 4.79 Å². The highest BCUT2D eigenvalue weighted by Crippen LogP contribution is 2.28. The molecule has 166 valence electrons. The van der Waals surface area contributed by atoms with Crippen LogP contribution < -0.4 is 20.1 Å². The monoisotopic (exact) mass is 538 g/mol. The van der Waals surface area contributed by atoms with Gasteiger partial charge in [0.2, 0.25) is 5.91 Å². The highest BCUT2D eigenvalue weighted by molar-refractivity contribution is 14.0. The van der Waals surface area contributed by atoms with Gasteiger partial charge in [0.15, 0.2) is 17.5 Å². The summed E-state index contributed by atoms with van der Waals surface area (Å²) in [5.74, 6) is 3.16. The third-order valence-corrected chi connectivity index (χ3v) is 4.54. The molecule has 1 aromatic rings. The summed E-state index contributed by atoms with van der Waals surface area (Å²) in [6.07, 6.45) is 3.90. The van der Waals surface area contributed by atoms with E-state index >= 15 is 0 Å². The molecule has 0 radical (unpaired) electrons. The van der Waals surface area contributed by atoms with Crippen molar-refractivity contribution in [3.63, 3.8) is 0 Å². The first-order valence-electron chi connectivity index (χ1n) is 9.52. The third-order valence-electron chi connectivity index (χ3n) is 3.93. The average molecular weight is 538 g/mol. The number of benzene rings is 1. The summed E-state index contributed by atoms with van der Waals surface area (Å²) >= 11 is 1.76. The second kappa shape index (κ2) is 16.4. The van der Waals surface area contributed by atoms with E-state index in [0.717, 1.165) is 43.2 Å². The van der Waals surface area contributed by atoms with Crippen molar-refractivity contribution >= 4 is 47.6 Å². The summed E-state index contributed by atoms with van der Waals surface area (Å²) in [5, 5.41) is 6.57. The number of nitrogens with one attached hydrogen (secondary N) is 2. The van der Waals surface area contributed by atoms with Gasteiger partial charge in [-0.15, -0.1) is 24.0 Å². The van der Waals surface area contributed by atoms with E-state index in [0.29, 0.717) is 12.6 Å². The molecule has 1 aromatic carbocycles. The third kappa shape index (κ3) is 11.4. The fourth-order valence-electron chi connectivity index (χ4n) is 2.38. The van der Waals surface area contributed by atoms with Crippen molar-refractivity contribution in [1.29, 1.82) is 0 Å². The van der Waals surface area contributed by atoms with Crippen LogP contribution in [0, 0.1) is 0 Å². The highest BCUT2D eigenvalue weighted by Gasteiger charge is 2.06. The van der Waals surface area contributed by atoms with Crippen LogP contribution in [0.4, 0.5) is 0 Å². The lowest BCUT2D eigenvalue weighted by Crippen LogP contribution is -2.40. The van der Waals surface area contributed by atoms with Crippen LogP contribution in [0.25, 0.3) is 0 Å². The van der Waals surface area contributed by atoms with Crippen LogP contribution in [0.2, 0.25) is 0 Å². The average Bonchev–Trinajstić information content (AvgIpc) is 2.69. The van der Waals surface area contributed by atoms with E-state index in [2.05, 4.69) is 27.9 Å². The van der Waals surface area contributed by atoms with Crippen LogP contribution in [-0.2, 0) is 11.2 Å². The molecule has 1 rings (SSSR count). The smallest absolute Gasteiger partial charge is 0.243 e. The summed E-state index contributed by atoms with van der Waals surface area (Å²) < 4.78 is 11.0. The predicted octanol–water partition coefficient (Wildman–Crippen LogP) is 2.63. The Hall–Kier alpha value is -1.36. The van der Waals surface area contributed by atoms with Crippen molar-refractivity contribution in [3.8, 4) is 11.5 Å². The molecule has 0 aliphatic heterocycles. The Morgan fingerprint density at radius 1 is 1.21 bits per heavy atom. The Balaban J connectivity index is 0.00000784. The second-order valence-corrected chi connectivity index (χ2v) is 7.31. The molecule has 9 heteroatoms. The number of aryl methyl sites for hydroxylation is 1. The fraction of sp³-hybridized carbons (Fsp3) is 0.600. The quantitative estimate of drug-likeness (QED) is 0.185. The van der Waals surface area contributed by atoms with Gasteiger partial charge in [-0.05, 0) is 43.7 Å². The molecular formula is C20H35IN4O3S. The first-order valence-corrected chi connectivity index (χ1v) is 10.9. The molecule has 0 unspecified atom stereocenters. The maximum Gasteiger partial charge on any atom is 0.243 e. The van der Waals surface area contributed by atoms with Crippen molar-refractivity contribution in [1.82, 2.24) is 15.5 Å². The van der Waals surface area contributed by atoms with Crippen molar-refractivity contribution in [2.75, 3.05) is 59.5 Å². The van der Waals surface area contributed by atoms with Crippen molar-refractivity contribution in [2.24, 2.45) is 4.99 Å².